The van der Waals surface area contributed by atoms with Gasteiger partial charge in [-0.1, -0.05) is 48.2 Å². The zero-order valence-corrected chi connectivity index (χ0v) is 27.4. The van der Waals surface area contributed by atoms with Crippen molar-refractivity contribution in [1.82, 2.24) is 9.88 Å². The lowest BCUT2D eigenvalue weighted by Gasteiger charge is -2.23. The van der Waals surface area contributed by atoms with Crippen LogP contribution in [0.25, 0.3) is 0 Å². The third-order valence-electron chi connectivity index (χ3n) is 7.11. The molecule has 242 valence electrons. The Balaban J connectivity index is 1.51. The highest BCUT2D eigenvalue weighted by Gasteiger charge is 2.26. The number of halogens is 4. The molecule has 0 aliphatic heterocycles. The molecule has 1 fully saturated rings. The Morgan fingerprint density at radius 2 is 1.76 bits per heavy atom. The average Bonchev–Trinajstić information content (AvgIpc) is 3.79. The molecule has 0 N–H and O–H groups in total. The molecule has 15 heteroatoms. The molecule has 45 heavy (non-hydrogen) atoms. The van der Waals surface area contributed by atoms with Crippen LogP contribution in [-0.4, -0.2) is 64.8 Å². The first-order chi connectivity index (χ1) is 21.3. The van der Waals surface area contributed by atoms with Crippen molar-refractivity contribution < 1.29 is 36.2 Å². The Morgan fingerprint density at radius 1 is 1.09 bits per heavy atom. The first-order valence-corrected chi connectivity index (χ1v) is 16.9. The molecule has 1 aliphatic rings. The molecular weight excluding hydrogens is 650 g/mol. The Hall–Kier alpha value is -3.13. The van der Waals surface area contributed by atoms with E-state index in [0.717, 1.165) is 24.7 Å². The van der Waals surface area contributed by atoms with E-state index in [-0.39, 0.29) is 34.5 Å². The molecule has 0 radical (unpaired) electrons. The minimum Gasteiger partial charge on any atom is -0.489 e. The number of hydrogen-bond donors (Lipinski definition) is 0. The Bertz CT molecular complexity index is 1560. The van der Waals surface area contributed by atoms with E-state index >= 15 is 0 Å². The van der Waals surface area contributed by atoms with Gasteiger partial charge in [-0.05, 0) is 66.8 Å². The normalized spacial score (nSPS) is 13.9. The van der Waals surface area contributed by atoms with Gasteiger partial charge in [0, 0.05) is 31.0 Å². The van der Waals surface area contributed by atoms with Crippen molar-refractivity contribution in [3.8, 4) is 11.5 Å². The quantitative estimate of drug-likeness (QED) is 0.136. The third-order valence-corrected chi connectivity index (χ3v) is 9.03. The fraction of sp³-hybridized carbons (Fsp3) is 0.400. The van der Waals surface area contributed by atoms with Crippen LogP contribution in [0.15, 0.2) is 54.9 Å². The zero-order valence-electron chi connectivity index (χ0n) is 25.1. The maximum absolute atomic E-state index is 13.2. The van der Waals surface area contributed by atoms with Crippen LogP contribution in [0.2, 0.25) is 16.9 Å². The minimum absolute atomic E-state index is 0.0852. The number of benzene rings is 2. The van der Waals surface area contributed by atoms with Gasteiger partial charge in [-0.25, -0.2) is 8.42 Å². The minimum atomic E-state index is -3.40. The Morgan fingerprint density at radius 3 is 2.33 bits per heavy atom. The van der Waals surface area contributed by atoms with Crippen LogP contribution < -0.4 is 13.7 Å². The molecule has 1 saturated carbocycles. The standard InChI is InChI=1S/C30H34BCl2F2N3O6S/c1-31-38(45(3,40)41)22-9-6-19(7-10-22)16-37(2)17-29(39)43-27(13-23-24(32)14-36-15-25(23)33)21-8-11-26(44-30(34)35)28(12-21)42-18-20-4-5-20/h6-12,14-15,20,27,30-31H,4-5,13,16-18H2,1-3H3/t27-/m0/s1. The van der Waals surface area contributed by atoms with E-state index in [0.29, 0.717) is 43.3 Å². The van der Waals surface area contributed by atoms with Gasteiger partial charge in [-0.15, -0.1) is 0 Å². The van der Waals surface area contributed by atoms with Crippen molar-refractivity contribution in [3.63, 3.8) is 0 Å². The fourth-order valence-electron chi connectivity index (χ4n) is 4.73. The second-order valence-corrected chi connectivity index (χ2v) is 13.6. The highest BCUT2D eigenvalue weighted by molar-refractivity contribution is 7.93. The smallest absolute Gasteiger partial charge is 0.387 e. The van der Waals surface area contributed by atoms with Crippen molar-refractivity contribution in [1.29, 1.82) is 0 Å². The summed E-state index contributed by atoms with van der Waals surface area (Å²) in [5.74, 6) is -0.203. The van der Waals surface area contributed by atoms with Crippen LogP contribution in [0, 0.1) is 5.92 Å². The SMILES string of the molecule is CBN(c1ccc(CN(C)CC(=O)O[C@@H](Cc2c(Cl)cncc2Cl)c2ccc(OC(F)F)c(OCC3CC3)c2)cc1)S(C)(=O)=O. The number of aromatic nitrogens is 1. The second-order valence-electron chi connectivity index (χ2n) is 10.9. The van der Waals surface area contributed by atoms with Crippen LogP contribution in [0.4, 0.5) is 14.5 Å². The lowest BCUT2D eigenvalue weighted by atomic mass is 9.99. The van der Waals surface area contributed by atoms with Crippen molar-refractivity contribution in [2.24, 2.45) is 5.92 Å². The molecule has 0 unspecified atom stereocenters. The summed E-state index contributed by atoms with van der Waals surface area (Å²) in [6, 6.07) is 11.5. The number of esters is 1. The molecule has 9 nitrogen and oxygen atoms in total. The van der Waals surface area contributed by atoms with Crippen molar-refractivity contribution in [2.75, 3.05) is 30.7 Å². The maximum Gasteiger partial charge on any atom is 0.387 e. The lowest BCUT2D eigenvalue weighted by molar-refractivity contribution is -0.150. The number of likely N-dealkylation sites (N-methyl/N-ethyl adjacent to an activating group) is 1. The number of alkyl halides is 2. The number of pyridine rings is 1. The predicted octanol–water partition coefficient (Wildman–Crippen LogP) is 5.90. The highest BCUT2D eigenvalue weighted by atomic mass is 35.5. The molecular formula is C30H34BCl2F2N3O6S. The second kappa shape index (κ2) is 15.4. The lowest BCUT2D eigenvalue weighted by Crippen LogP contribution is -2.32. The molecule has 3 aromatic rings. The molecule has 0 saturated heterocycles. The fourth-order valence-corrected chi connectivity index (χ4v) is 6.22. The number of sulfonamides is 1. The van der Waals surface area contributed by atoms with Crippen LogP contribution >= 0.6 is 23.2 Å². The third kappa shape index (κ3) is 10.2. The molecule has 0 spiro atoms. The summed E-state index contributed by atoms with van der Waals surface area (Å²) in [4.78, 5) is 19.0. The average molecular weight is 684 g/mol. The first-order valence-electron chi connectivity index (χ1n) is 14.3. The number of anilines is 1. The van der Waals surface area contributed by atoms with Gasteiger partial charge in [0.15, 0.2) is 11.5 Å². The van der Waals surface area contributed by atoms with Gasteiger partial charge in [0.25, 0.3) is 7.41 Å². The molecule has 1 aromatic heterocycles. The molecule has 0 amide bonds. The summed E-state index contributed by atoms with van der Waals surface area (Å²) in [5, 5.41) is 0.564. The van der Waals surface area contributed by atoms with Gasteiger partial charge in [-0.3, -0.25) is 14.7 Å². The Labute approximate surface area is 272 Å². The number of nitrogens with zero attached hydrogens (tertiary/aromatic N) is 3. The van der Waals surface area contributed by atoms with E-state index in [1.165, 1.54) is 34.8 Å². The summed E-state index contributed by atoms with van der Waals surface area (Å²) < 4.78 is 68.0. The van der Waals surface area contributed by atoms with E-state index in [2.05, 4.69) is 9.72 Å². The number of hydrogen-bond acceptors (Lipinski definition) is 8. The predicted molar refractivity (Wildman–Crippen MR) is 171 cm³/mol. The molecule has 1 aliphatic carbocycles. The van der Waals surface area contributed by atoms with Gasteiger partial charge in [-0.2, -0.15) is 8.78 Å². The molecule has 2 aromatic carbocycles. The largest absolute Gasteiger partial charge is 0.489 e. The Kier molecular flexibility index (Phi) is 11.9. The van der Waals surface area contributed by atoms with Crippen LogP contribution in [0.1, 0.15) is 35.6 Å². The van der Waals surface area contributed by atoms with Crippen molar-refractivity contribution >= 4 is 52.3 Å². The summed E-state index contributed by atoms with van der Waals surface area (Å²) in [6.45, 7) is -0.638. The van der Waals surface area contributed by atoms with Gasteiger partial charge in [0.1, 0.15) is 6.10 Å². The molecule has 4 rings (SSSR count). The van der Waals surface area contributed by atoms with Crippen LogP contribution in [0.5, 0.6) is 11.5 Å². The van der Waals surface area contributed by atoms with Gasteiger partial charge in [0.05, 0.1) is 29.5 Å². The van der Waals surface area contributed by atoms with E-state index in [1.54, 1.807) is 43.0 Å². The summed E-state index contributed by atoms with van der Waals surface area (Å²) in [5.41, 5.74) is 2.39. The molecule has 0 bridgehead atoms. The van der Waals surface area contributed by atoms with Crippen molar-refractivity contribution in [2.45, 2.75) is 45.3 Å². The number of ether oxygens (including phenoxy) is 3. The zero-order chi connectivity index (χ0) is 32.7. The number of carbonyl (C=O) groups is 1. The summed E-state index contributed by atoms with van der Waals surface area (Å²) in [6.07, 6.45) is 5.20. The number of rotatable bonds is 16. The van der Waals surface area contributed by atoms with Crippen LogP contribution in [-0.2, 0) is 32.5 Å². The van der Waals surface area contributed by atoms with Gasteiger partial charge >= 0.3 is 12.6 Å². The van der Waals surface area contributed by atoms with Crippen molar-refractivity contribution in [3.05, 3.63) is 81.6 Å². The summed E-state index contributed by atoms with van der Waals surface area (Å²) >= 11 is 12.8. The van der Waals surface area contributed by atoms with E-state index < -0.39 is 28.7 Å². The monoisotopic (exact) mass is 683 g/mol. The maximum atomic E-state index is 13.2. The van der Waals surface area contributed by atoms with Gasteiger partial charge < -0.3 is 18.4 Å². The van der Waals surface area contributed by atoms with E-state index in [1.807, 2.05) is 0 Å². The number of carbonyl (C=O) groups excluding carboxylic acids is 1. The summed E-state index contributed by atoms with van der Waals surface area (Å²) in [7, 11) is -1.36. The van der Waals surface area contributed by atoms with Crippen LogP contribution in [0.3, 0.4) is 0 Å². The highest BCUT2D eigenvalue weighted by Crippen LogP contribution is 2.38. The molecule has 1 heterocycles. The molecule has 1 atom stereocenters. The van der Waals surface area contributed by atoms with E-state index in [9.17, 15) is 22.0 Å². The first kappa shape index (κ1) is 34.7. The van der Waals surface area contributed by atoms with Gasteiger partial charge in [0.2, 0.25) is 10.0 Å². The van der Waals surface area contributed by atoms with E-state index in [4.69, 9.17) is 32.7 Å². The topological polar surface area (TPSA) is 98.3 Å².